The highest BCUT2D eigenvalue weighted by molar-refractivity contribution is 9.10. The van der Waals surface area contributed by atoms with Crippen molar-refractivity contribution in [2.24, 2.45) is 5.10 Å². The number of carbonyl (C=O) groups excluding carboxylic acids is 2. The van der Waals surface area contributed by atoms with Gasteiger partial charge in [-0.25, -0.2) is 10.2 Å². The molecule has 4 rings (SSSR count). The standard InChI is InChI=1S/C30H23BrCl2N2O7/c1-38-26-13-3-18(16-27(26)39-2)29(37)42-25-14-4-20(31)15-19(25)17-34-35-28(36)30(40-23-9-5-21(32)6-10-23)41-24-11-7-22(33)8-12-24/h3-17,30H,1-2H3,(H,35,36)/b34-17-. The minimum Gasteiger partial charge on any atom is -0.493 e. The first-order valence-corrected chi connectivity index (χ1v) is 13.7. The first-order valence-electron chi connectivity index (χ1n) is 12.2. The van der Waals surface area contributed by atoms with Crippen LogP contribution in [-0.4, -0.2) is 38.6 Å². The number of rotatable bonds is 11. The van der Waals surface area contributed by atoms with E-state index >= 15 is 0 Å². The highest BCUT2D eigenvalue weighted by Crippen LogP contribution is 2.29. The minimum absolute atomic E-state index is 0.197. The third-order valence-electron chi connectivity index (χ3n) is 5.50. The predicted molar refractivity (Wildman–Crippen MR) is 162 cm³/mol. The number of ether oxygens (including phenoxy) is 5. The molecule has 0 unspecified atom stereocenters. The molecular weight excluding hydrogens is 651 g/mol. The second-order valence-corrected chi connectivity index (χ2v) is 10.1. The van der Waals surface area contributed by atoms with Gasteiger partial charge in [-0.2, -0.15) is 5.10 Å². The first-order chi connectivity index (χ1) is 20.2. The lowest BCUT2D eigenvalue weighted by Gasteiger charge is -2.19. The van der Waals surface area contributed by atoms with Crippen LogP contribution in [0.1, 0.15) is 15.9 Å². The molecule has 0 aliphatic heterocycles. The molecule has 0 fully saturated rings. The van der Waals surface area contributed by atoms with Crippen molar-refractivity contribution < 1.29 is 33.3 Å². The molecule has 0 radical (unpaired) electrons. The van der Waals surface area contributed by atoms with Crippen molar-refractivity contribution in [3.8, 4) is 28.7 Å². The Morgan fingerprint density at radius 1 is 0.786 bits per heavy atom. The zero-order valence-corrected chi connectivity index (χ0v) is 25.3. The molecule has 4 aromatic carbocycles. The van der Waals surface area contributed by atoms with Crippen molar-refractivity contribution in [2.45, 2.75) is 6.29 Å². The van der Waals surface area contributed by atoms with Gasteiger partial charge in [0.15, 0.2) is 11.5 Å². The summed E-state index contributed by atoms with van der Waals surface area (Å²) in [5, 5.41) is 5.04. The quantitative estimate of drug-likeness (QED) is 0.0606. The molecule has 0 aliphatic rings. The first kappa shape index (κ1) is 30.7. The van der Waals surface area contributed by atoms with E-state index in [1.165, 1.54) is 26.5 Å². The van der Waals surface area contributed by atoms with E-state index in [0.29, 0.717) is 43.1 Å². The number of esters is 1. The van der Waals surface area contributed by atoms with Gasteiger partial charge >= 0.3 is 18.2 Å². The summed E-state index contributed by atoms with van der Waals surface area (Å²) in [4.78, 5) is 25.9. The maximum atomic E-state index is 13.1. The van der Waals surface area contributed by atoms with Crippen molar-refractivity contribution in [1.29, 1.82) is 0 Å². The number of benzene rings is 4. The fraction of sp³-hybridized carbons (Fsp3) is 0.100. The number of nitrogens with zero attached hydrogens (tertiary/aromatic N) is 1. The molecule has 0 bridgehead atoms. The zero-order chi connectivity index (χ0) is 30.1. The summed E-state index contributed by atoms with van der Waals surface area (Å²) < 4.78 is 28.3. The molecule has 0 aromatic heterocycles. The highest BCUT2D eigenvalue weighted by Gasteiger charge is 2.23. The van der Waals surface area contributed by atoms with E-state index in [0.717, 1.165) is 0 Å². The van der Waals surface area contributed by atoms with E-state index in [1.54, 1.807) is 78.9 Å². The van der Waals surface area contributed by atoms with Gasteiger partial charge in [0.05, 0.1) is 26.0 Å². The van der Waals surface area contributed by atoms with Crippen LogP contribution >= 0.6 is 39.1 Å². The largest absolute Gasteiger partial charge is 0.493 e. The fourth-order valence-electron chi connectivity index (χ4n) is 3.46. The van der Waals surface area contributed by atoms with Crippen molar-refractivity contribution in [1.82, 2.24) is 5.43 Å². The molecule has 0 saturated carbocycles. The number of methoxy groups -OCH3 is 2. The third-order valence-corrected chi connectivity index (χ3v) is 6.50. The average molecular weight is 674 g/mol. The van der Waals surface area contributed by atoms with Crippen molar-refractivity contribution in [3.05, 3.63) is 111 Å². The summed E-state index contributed by atoms with van der Waals surface area (Å²) in [6.45, 7) is 0. The van der Waals surface area contributed by atoms with Gasteiger partial charge < -0.3 is 23.7 Å². The molecule has 0 heterocycles. The van der Waals surface area contributed by atoms with Gasteiger partial charge in [0.1, 0.15) is 17.2 Å². The smallest absolute Gasteiger partial charge is 0.343 e. The van der Waals surface area contributed by atoms with Crippen LogP contribution in [0.4, 0.5) is 0 Å². The van der Waals surface area contributed by atoms with Gasteiger partial charge in [0.25, 0.3) is 0 Å². The summed E-state index contributed by atoms with van der Waals surface area (Å²) in [5.41, 5.74) is 3.04. The molecule has 216 valence electrons. The number of hydrazone groups is 1. The Labute approximate surface area is 260 Å². The van der Waals surface area contributed by atoms with Crippen molar-refractivity contribution in [3.63, 3.8) is 0 Å². The Kier molecular flexibility index (Phi) is 10.7. The normalized spacial score (nSPS) is 10.8. The Morgan fingerprint density at radius 2 is 1.36 bits per heavy atom. The van der Waals surface area contributed by atoms with Gasteiger partial charge in [0, 0.05) is 20.1 Å². The van der Waals surface area contributed by atoms with Gasteiger partial charge in [0.2, 0.25) is 0 Å². The van der Waals surface area contributed by atoms with Gasteiger partial charge in [-0.05, 0) is 84.9 Å². The van der Waals surface area contributed by atoms with Crippen LogP contribution in [0.3, 0.4) is 0 Å². The van der Waals surface area contributed by atoms with E-state index in [-0.39, 0.29) is 11.3 Å². The monoisotopic (exact) mass is 672 g/mol. The van der Waals surface area contributed by atoms with Gasteiger partial charge in [-0.3, -0.25) is 4.79 Å². The van der Waals surface area contributed by atoms with E-state index in [4.69, 9.17) is 46.9 Å². The van der Waals surface area contributed by atoms with Crippen LogP contribution in [-0.2, 0) is 4.79 Å². The molecule has 0 atom stereocenters. The van der Waals surface area contributed by atoms with Crippen LogP contribution < -0.4 is 29.1 Å². The molecule has 4 aromatic rings. The van der Waals surface area contributed by atoms with Crippen molar-refractivity contribution in [2.75, 3.05) is 14.2 Å². The summed E-state index contributed by atoms with van der Waals surface area (Å²) in [6.07, 6.45) is -0.101. The van der Waals surface area contributed by atoms with Gasteiger partial charge in [-0.1, -0.05) is 39.1 Å². The molecule has 12 heteroatoms. The average Bonchev–Trinajstić information content (AvgIpc) is 2.99. The predicted octanol–water partition coefficient (Wildman–Crippen LogP) is 6.93. The summed E-state index contributed by atoms with van der Waals surface area (Å²) in [5.74, 6) is 0.382. The van der Waals surface area contributed by atoms with E-state index < -0.39 is 18.2 Å². The Hall–Kier alpha value is -4.25. The molecule has 0 aliphatic carbocycles. The Morgan fingerprint density at radius 3 is 1.93 bits per heavy atom. The number of nitrogens with one attached hydrogen (secondary N) is 1. The number of carbonyl (C=O) groups is 2. The molecule has 0 spiro atoms. The second kappa shape index (κ2) is 14.6. The molecule has 1 amide bonds. The van der Waals surface area contributed by atoms with E-state index in [2.05, 4.69) is 26.5 Å². The van der Waals surface area contributed by atoms with Crippen LogP contribution in [0.5, 0.6) is 28.7 Å². The lowest BCUT2D eigenvalue weighted by Crippen LogP contribution is -2.40. The maximum absolute atomic E-state index is 13.1. The summed E-state index contributed by atoms with van der Waals surface area (Å²) in [7, 11) is 2.97. The molecule has 9 nitrogen and oxygen atoms in total. The highest BCUT2D eigenvalue weighted by atomic mass is 79.9. The van der Waals surface area contributed by atoms with Gasteiger partial charge in [-0.15, -0.1) is 0 Å². The van der Waals surface area contributed by atoms with Crippen LogP contribution in [0, 0.1) is 0 Å². The van der Waals surface area contributed by atoms with E-state index in [1.807, 2.05) is 0 Å². The fourth-order valence-corrected chi connectivity index (χ4v) is 4.09. The minimum atomic E-state index is -1.42. The maximum Gasteiger partial charge on any atom is 0.343 e. The number of halogens is 3. The SMILES string of the molecule is COc1ccc(C(=O)Oc2ccc(Br)cc2/C=N\NC(=O)C(Oc2ccc(Cl)cc2)Oc2ccc(Cl)cc2)cc1OC. The Bertz CT molecular complexity index is 1530. The van der Waals surface area contributed by atoms with Crippen molar-refractivity contribution >= 4 is 57.2 Å². The molecule has 1 N–H and O–H groups in total. The second-order valence-electron chi connectivity index (χ2n) is 8.35. The summed E-state index contributed by atoms with van der Waals surface area (Å²) >= 11 is 15.3. The lowest BCUT2D eigenvalue weighted by molar-refractivity contribution is -0.140. The Balaban J connectivity index is 1.50. The number of amides is 1. The number of hydrogen-bond acceptors (Lipinski definition) is 8. The van der Waals surface area contributed by atoms with Crippen LogP contribution in [0.15, 0.2) is 94.5 Å². The lowest BCUT2D eigenvalue weighted by atomic mass is 10.2. The topological polar surface area (TPSA) is 105 Å². The molecule has 0 saturated heterocycles. The van der Waals surface area contributed by atoms with Crippen LogP contribution in [0.25, 0.3) is 0 Å². The third kappa shape index (κ3) is 8.39. The summed E-state index contributed by atoms with van der Waals surface area (Å²) in [6, 6.07) is 22.5. The number of hydrogen-bond donors (Lipinski definition) is 1. The zero-order valence-electron chi connectivity index (χ0n) is 22.2. The molecule has 42 heavy (non-hydrogen) atoms. The van der Waals surface area contributed by atoms with E-state index in [9.17, 15) is 9.59 Å². The molecular formula is C30H23BrCl2N2O7. The van der Waals surface area contributed by atoms with Crippen LogP contribution in [0.2, 0.25) is 10.0 Å².